The Kier molecular flexibility index (Phi) is 3.27. The summed E-state index contributed by atoms with van der Waals surface area (Å²) in [4.78, 5) is 13.3. The number of carbonyl (C=O) groups is 1. The molecule has 1 aliphatic heterocycles. The minimum absolute atomic E-state index is 0.00976. The number of hydrogen-bond acceptors (Lipinski definition) is 4. The van der Waals surface area contributed by atoms with Gasteiger partial charge in [0.25, 0.3) is 0 Å². The van der Waals surface area contributed by atoms with Crippen LogP contribution in [-0.2, 0) is 11.2 Å². The molecule has 0 radical (unpaired) electrons. The van der Waals surface area contributed by atoms with E-state index in [-0.39, 0.29) is 23.9 Å². The van der Waals surface area contributed by atoms with E-state index in [9.17, 15) is 4.79 Å². The highest BCUT2D eigenvalue weighted by Crippen LogP contribution is 2.42. The fraction of sp³-hybridized carbons (Fsp3) is 0.615. The van der Waals surface area contributed by atoms with Gasteiger partial charge in [-0.2, -0.15) is 0 Å². The van der Waals surface area contributed by atoms with E-state index in [0.717, 1.165) is 22.4 Å². The van der Waals surface area contributed by atoms with Gasteiger partial charge in [-0.25, -0.2) is 0 Å². The molecule has 2 unspecified atom stereocenters. The maximum atomic E-state index is 12.2. The predicted octanol–water partition coefficient (Wildman–Crippen LogP) is 3.19. The Labute approximate surface area is 106 Å². The summed E-state index contributed by atoms with van der Waals surface area (Å²) in [6.07, 6.45) is 1.00. The molecule has 0 saturated heterocycles. The molecule has 2 N–H and O–H groups in total. The lowest BCUT2D eigenvalue weighted by atomic mass is 9.93. The summed E-state index contributed by atoms with van der Waals surface area (Å²) in [7, 11) is 0. The zero-order chi connectivity index (χ0) is 12.7. The highest BCUT2D eigenvalue weighted by Gasteiger charge is 2.31. The molecule has 0 aromatic carbocycles. The monoisotopic (exact) mass is 253 g/mol. The topological polar surface area (TPSA) is 52.3 Å². The highest BCUT2D eigenvalue weighted by molar-refractivity contribution is 7.16. The number of ketones is 1. The predicted molar refractivity (Wildman–Crippen MR) is 70.6 cm³/mol. The van der Waals surface area contributed by atoms with Crippen molar-refractivity contribution in [3.63, 3.8) is 0 Å². The van der Waals surface area contributed by atoms with Crippen molar-refractivity contribution < 1.29 is 9.53 Å². The standard InChI is InChI=1S/C13H19NO2S/c1-6(2)11(15)10-9-5-7(3)16-8(4)12(9)17-13(10)14/h6-8H,5,14H2,1-4H3. The largest absolute Gasteiger partial charge is 0.390 e. The Morgan fingerprint density at radius 1 is 1.47 bits per heavy atom. The number of nitrogens with two attached hydrogens (primary N) is 1. The van der Waals surface area contributed by atoms with E-state index in [4.69, 9.17) is 10.5 Å². The normalized spacial score (nSPS) is 23.8. The fourth-order valence-electron chi connectivity index (χ4n) is 2.34. The summed E-state index contributed by atoms with van der Waals surface area (Å²) >= 11 is 1.50. The van der Waals surface area contributed by atoms with Crippen LogP contribution in [0.25, 0.3) is 0 Å². The van der Waals surface area contributed by atoms with Crippen LogP contribution in [0.15, 0.2) is 0 Å². The molecular weight excluding hydrogens is 234 g/mol. The van der Waals surface area contributed by atoms with Crippen molar-refractivity contribution >= 4 is 22.1 Å². The molecule has 17 heavy (non-hydrogen) atoms. The number of Topliss-reactive ketones (excluding diaryl/α,β-unsaturated/α-hetero) is 1. The van der Waals surface area contributed by atoms with E-state index >= 15 is 0 Å². The minimum Gasteiger partial charge on any atom is -0.390 e. The number of hydrogen-bond donors (Lipinski definition) is 1. The van der Waals surface area contributed by atoms with Gasteiger partial charge in [-0.05, 0) is 19.4 Å². The Morgan fingerprint density at radius 3 is 2.71 bits per heavy atom. The molecule has 0 spiro atoms. The quantitative estimate of drug-likeness (QED) is 0.823. The van der Waals surface area contributed by atoms with Crippen LogP contribution in [0, 0.1) is 5.92 Å². The van der Waals surface area contributed by atoms with Gasteiger partial charge in [0.05, 0.1) is 22.8 Å². The van der Waals surface area contributed by atoms with Gasteiger partial charge in [-0.15, -0.1) is 11.3 Å². The van der Waals surface area contributed by atoms with Crippen LogP contribution in [0.1, 0.15) is 54.6 Å². The molecule has 2 atom stereocenters. The third-order valence-corrected chi connectivity index (χ3v) is 4.36. The van der Waals surface area contributed by atoms with E-state index in [0.29, 0.717) is 5.00 Å². The summed E-state index contributed by atoms with van der Waals surface area (Å²) < 4.78 is 5.76. The molecule has 1 aromatic rings. The number of ether oxygens (including phenoxy) is 1. The Bertz CT molecular complexity index is 451. The zero-order valence-corrected chi connectivity index (χ0v) is 11.6. The molecule has 0 fully saturated rings. The SMILES string of the molecule is CC1Cc2c(sc(N)c2C(=O)C(C)C)C(C)O1. The number of carbonyl (C=O) groups excluding carboxylic acids is 1. The van der Waals surface area contributed by atoms with Crippen molar-refractivity contribution in [1.82, 2.24) is 0 Å². The second-order valence-corrected chi connectivity index (χ2v) is 6.08. The molecule has 0 aliphatic carbocycles. The molecule has 1 aromatic heterocycles. The average Bonchev–Trinajstić information content (AvgIpc) is 2.54. The first kappa shape index (κ1) is 12.6. The van der Waals surface area contributed by atoms with Gasteiger partial charge in [0.1, 0.15) is 0 Å². The zero-order valence-electron chi connectivity index (χ0n) is 10.7. The highest BCUT2D eigenvalue weighted by atomic mass is 32.1. The molecule has 94 valence electrons. The van der Waals surface area contributed by atoms with E-state index in [1.165, 1.54) is 11.3 Å². The van der Waals surface area contributed by atoms with E-state index in [2.05, 4.69) is 0 Å². The number of nitrogen functional groups attached to an aromatic ring is 1. The summed E-state index contributed by atoms with van der Waals surface area (Å²) in [5, 5.41) is 0.651. The fourth-order valence-corrected chi connectivity index (χ4v) is 3.43. The van der Waals surface area contributed by atoms with E-state index in [1.807, 2.05) is 27.7 Å². The van der Waals surface area contributed by atoms with Crippen LogP contribution in [0.4, 0.5) is 5.00 Å². The van der Waals surface area contributed by atoms with Crippen LogP contribution in [-0.4, -0.2) is 11.9 Å². The average molecular weight is 253 g/mol. The Morgan fingerprint density at radius 2 is 2.12 bits per heavy atom. The van der Waals surface area contributed by atoms with Crippen molar-refractivity contribution in [2.45, 2.75) is 46.3 Å². The first-order chi connectivity index (χ1) is 7.91. The van der Waals surface area contributed by atoms with Crippen molar-refractivity contribution in [2.24, 2.45) is 5.92 Å². The van der Waals surface area contributed by atoms with Crippen LogP contribution < -0.4 is 5.73 Å². The van der Waals surface area contributed by atoms with E-state index < -0.39 is 0 Å². The molecule has 0 saturated carbocycles. The smallest absolute Gasteiger partial charge is 0.168 e. The van der Waals surface area contributed by atoms with Crippen molar-refractivity contribution in [3.8, 4) is 0 Å². The number of anilines is 1. The molecule has 3 nitrogen and oxygen atoms in total. The van der Waals surface area contributed by atoms with E-state index in [1.54, 1.807) is 0 Å². The summed E-state index contributed by atoms with van der Waals surface area (Å²) in [6, 6.07) is 0. The molecule has 1 aliphatic rings. The maximum Gasteiger partial charge on any atom is 0.168 e. The summed E-state index contributed by atoms with van der Waals surface area (Å²) in [6.45, 7) is 7.89. The second kappa shape index (κ2) is 4.42. The first-order valence-electron chi connectivity index (χ1n) is 6.02. The van der Waals surface area contributed by atoms with Gasteiger partial charge in [0.15, 0.2) is 5.78 Å². The lowest BCUT2D eigenvalue weighted by Crippen LogP contribution is -2.23. The van der Waals surface area contributed by atoms with Gasteiger partial charge in [-0.3, -0.25) is 4.79 Å². The molecule has 2 heterocycles. The van der Waals surface area contributed by atoms with Gasteiger partial charge >= 0.3 is 0 Å². The minimum atomic E-state index is -0.00976. The third-order valence-electron chi connectivity index (χ3n) is 3.13. The second-order valence-electron chi connectivity index (χ2n) is 5.00. The Balaban J connectivity index is 2.51. The van der Waals surface area contributed by atoms with Gasteiger partial charge < -0.3 is 10.5 Å². The first-order valence-corrected chi connectivity index (χ1v) is 6.84. The maximum absolute atomic E-state index is 12.2. The van der Waals surface area contributed by atoms with Crippen LogP contribution in [0.2, 0.25) is 0 Å². The summed E-state index contributed by atoms with van der Waals surface area (Å²) in [5.74, 6) is 0.144. The van der Waals surface area contributed by atoms with Crippen LogP contribution >= 0.6 is 11.3 Å². The van der Waals surface area contributed by atoms with Gasteiger partial charge in [0, 0.05) is 17.2 Å². The number of thiophene rings is 1. The third kappa shape index (κ3) is 2.11. The summed E-state index contributed by atoms with van der Waals surface area (Å²) in [5.41, 5.74) is 7.88. The number of rotatable bonds is 2. The van der Waals surface area contributed by atoms with Crippen molar-refractivity contribution in [2.75, 3.05) is 5.73 Å². The van der Waals surface area contributed by atoms with Crippen molar-refractivity contribution in [1.29, 1.82) is 0 Å². The molecule has 0 bridgehead atoms. The molecule has 2 rings (SSSR count). The number of fused-ring (bicyclic) bond motifs is 1. The lowest BCUT2D eigenvalue weighted by molar-refractivity contribution is -0.00229. The molecule has 4 heteroatoms. The van der Waals surface area contributed by atoms with Crippen molar-refractivity contribution in [3.05, 3.63) is 16.0 Å². The van der Waals surface area contributed by atoms with Gasteiger partial charge in [0.2, 0.25) is 0 Å². The van der Waals surface area contributed by atoms with Crippen LogP contribution in [0.5, 0.6) is 0 Å². The van der Waals surface area contributed by atoms with Crippen LogP contribution in [0.3, 0.4) is 0 Å². The molecule has 0 amide bonds. The lowest BCUT2D eigenvalue weighted by Gasteiger charge is -2.26. The Hall–Kier alpha value is -0.870. The van der Waals surface area contributed by atoms with Gasteiger partial charge in [-0.1, -0.05) is 13.8 Å². The molecular formula is C13H19NO2S.